The van der Waals surface area contributed by atoms with Gasteiger partial charge in [0.2, 0.25) is 0 Å². The van der Waals surface area contributed by atoms with Gasteiger partial charge in [-0.1, -0.05) is 35.7 Å². The van der Waals surface area contributed by atoms with Gasteiger partial charge in [-0.05, 0) is 38.2 Å². The second kappa shape index (κ2) is 9.09. The Bertz CT molecular complexity index is 480. The van der Waals surface area contributed by atoms with E-state index in [1.165, 1.54) is 0 Å². The van der Waals surface area contributed by atoms with Gasteiger partial charge in [0, 0.05) is 29.2 Å². The summed E-state index contributed by atoms with van der Waals surface area (Å²) in [6, 6.07) is 6.43. The normalized spacial score (nSPS) is 12.5. The van der Waals surface area contributed by atoms with E-state index < -0.39 is 0 Å². The zero-order valence-corrected chi connectivity index (χ0v) is 14.9. The quantitative estimate of drug-likeness (QED) is 0.727. The Kier molecular flexibility index (Phi) is 7.81. The fraction of sp³-hybridized carbons (Fsp3) is 0.529. The molecule has 1 unspecified atom stereocenters. The second-order valence-corrected chi connectivity index (χ2v) is 6.65. The molecule has 21 heavy (non-hydrogen) atoms. The molecule has 0 bridgehead atoms. The summed E-state index contributed by atoms with van der Waals surface area (Å²) in [5, 5.41) is 3.62. The molecule has 0 heterocycles. The number of hydrogen-bond donors (Lipinski definition) is 1. The van der Waals surface area contributed by atoms with E-state index in [1.807, 2.05) is 12.1 Å². The molecule has 0 amide bonds. The number of nitrogens with zero attached hydrogens (tertiary/aromatic N) is 1. The number of terminal acetylenes is 1. The molecule has 0 radical (unpaired) electrons. The van der Waals surface area contributed by atoms with Crippen LogP contribution in [0.5, 0.6) is 5.75 Å². The Morgan fingerprint density at radius 1 is 1.38 bits per heavy atom. The van der Waals surface area contributed by atoms with Crippen molar-refractivity contribution in [2.45, 2.75) is 26.4 Å². The van der Waals surface area contributed by atoms with Crippen LogP contribution < -0.4 is 10.1 Å². The lowest BCUT2D eigenvalue weighted by molar-refractivity contribution is 0.286. The lowest BCUT2D eigenvalue weighted by Gasteiger charge is -2.26. The molecule has 0 aliphatic rings. The smallest absolute Gasteiger partial charge is 0.148 e. The number of rotatable bonds is 8. The summed E-state index contributed by atoms with van der Waals surface area (Å²) >= 11 is 3.51. The van der Waals surface area contributed by atoms with Gasteiger partial charge >= 0.3 is 0 Å². The van der Waals surface area contributed by atoms with E-state index in [4.69, 9.17) is 11.2 Å². The maximum atomic E-state index is 5.61. The molecule has 1 atom stereocenters. The van der Waals surface area contributed by atoms with E-state index >= 15 is 0 Å². The van der Waals surface area contributed by atoms with Crippen LogP contribution in [0.4, 0.5) is 0 Å². The van der Waals surface area contributed by atoms with Gasteiger partial charge in [0.1, 0.15) is 12.4 Å². The number of halogens is 1. The zero-order valence-electron chi connectivity index (χ0n) is 13.3. The van der Waals surface area contributed by atoms with E-state index in [0.717, 1.165) is 28.9 Å². The van der Waals surface area contributed by atoms with Gasteiger partial charge in [0.15, 0.2) is 0 Å². The van der Waals surface area contributed by atoms with Crippen molar-refractivity contribution in [2.24, 2.45) is 5.92 Å². The Labute approximate surface area is 137 Å². The van der Waals surface area contributed by atoms with Crippen LogP contribution in [-0.2, 0) is 6.54 Å². The van der Waals surface area contributed by atoms with Crippen LogP contribution in [-0.4, -0.2) is 38.2 Å². The van der Waals surface area contributed by atoms with Crippen LogP contribution in [0.2, 0.25) is 0 Å². The highest BCUT2D eigenvalue weighted by Gasteiger charge is 2.15. The molecule has 1 aromatic carbocycles. The Morgan fingerprint density at radius 3 is 2.67 bits per heavy atom. The predicted molar refractivity (Wildman–Crippen MR) is 92.5 cm³/mol. The first-order chi connectivity index (χ1) is 9.93. The van der Waals surface area contributed by atoms with Crippen LogP contribution in [0, 0.1) is 18.3 Å². The molecule has 0 spiro atoms. The van der Waals surface area contributed by atoms with Gasteiger partial charge in [0.05, 0.1) is 0 Å². The van der Waals surface area contributed by atoms with Gasteiger partial charge in [-0.3, -0.25) is 0 Å². The maximum absolute atomic E-state index is 5.61. The minimum atomic E-state index is 0.292. The molecule has 0 aliphatic heterocycles. The fourth-order valence-corrected chi connectivity index (χ4v) is 2.50. The summed E-state index contributed by atoms with van der Waals surface area (Å²) in [5.41, 5.74) is 1.11. The minimum Gasteiger partial charge on any atom is -0.481 e. The SMILES string of the molecule is C#CCOc1ccc(Br)cc1CNC(CN(C)C)C(C)C. The molecule has 1 rings (SSSR count). The topological polar surface area (TPSA) is 24.5 Å². The van der Waals surface area contributed by atoms with E-state index in [0.29, 0.717) is 18.6 Å². The molecule has 0 saturated heterocycles. The highest BCUT2D eigenvalue weighted by atomic mass is 79.9. The van der Waals surface area contributed by atoms with Crippen molar-refractivity contribution >= 4 is 15.9 Å². The fourth-order valence-electron chi connectivity index (χ4n) is 2.09. The number of likely N-dealkylation sites (N-methyl/N-ethyl adjacent to an activating group) is 1. The van der Waals surface area contributed by atoms with Crippen molar-refractivity contribution in [3.8, 4) is 18.1 Å². The monoisotopic (exact) mass is 352 g/mol. The van der Waals surface area contributed by atoms with Gasteiger partial charge in [-0.15, -0.1) is 6.42 Å². The Hall–Kier alpha value is -1.02. The summed E-state index contributed by atoms with van der Waals surface area (Å²) in [4.78, 5) is 2.20. The van der Waals surface area contributed by atoms with Crippen LogP contribution in [0.3, 0.4) is 0 Å². The third-order valence-corrected chi connectivity index (χ3v) is 3.75. The second-order valence-electron chi connectivity index (χ2n) is 5.74. The van der Waals surface area contributed by atoms with Crippen molar-refractivity contribution in [2.75, 3.05) is 27.2 Å². The minimum absolute atomic E-state index is 0.292. The first kappa shape index (κ1) is 18.0. The average Bonchev–Trinajstić information content (AvgIpc) is 2.41. The molecule has 0 aromatic heterocycles. The summed E-state index contributed by atoms with van der Waals surface area (Å²) < 4.78 is 6.65. The summed E-state index contributed by atoms with van der Waals surface area (Å²) in [5.74, 6) is 3.91. The van der Waals surface area contributed by atoms with Crippen molar-refractivity contribution in [1.82, 2.24) is 10.2 Å². The van der Waals surface area contributed by atoms with Crippen molar-refractivity contribution in [3.63, 3.8) is 0 Å². The summed E-state index contributed by atoms with van der Waals surface area (Å²) in [6.45, 7) is 6.53. The zero-order chi connectivity index (χ0) is 15.8. The predicted octanol–water partition coefficient (Wildman–Crippen LogP) is 3.14. The molecule has 0 saturated carbocycles. The first-order valence-corrected chi connectivity index (χ1v) is 7.96. The van der Waals surface area contributed by atoms with Crippen molar-refractivity contribution in [1.29, 1.82) is 0 Å². The van der Waals surface area contributed by atoms with Gasteiger partial charge < -0.3 is 15.0 Å². The van der Waals surface area contributed by atoms with Crippen LogP contribution in [0.1, 0.15) is 19.4 Å². The molecule has 1 N–H and O–H groups in total. The molecule has 3 nitrogen and oxygen atoms in total. The Balaban J connectivity index is 2.76. The van der Waals surface area contributed by atoms with Crippen LogP contribution in [0.25, 0.3) is 0 Å². The number of ether oxygens (including phenoxy) is 1. The highest BCUT2D eigenvalue weighted by Crippen LogP contribution is 2.23. The lowest BCUT2D eigenvalue weighted by atomic mass is 10.0. The molecule has 1 aromatic rings. The van der Waals surface area contributed by atoms with Crippen LogP contribution in [0.15, 0.2) is 22.7 Å². The van der Waals surface area contributed by atoms with Gasteiger partial charge in [-0.25, -0.2) is 0 Å². The molecule has 4 heteroatoms. The lowest BCUT2D eigenvalue weighted by Crippen LogP contribution is -2.41. The number of benzene rings is 1. The molecule has 116 valence electrons. The molecular weight excluding hydrogens is 328 g/mol. The Morgan fingerprint density at radius 2 is 2.10 bits per heavy atom. The van der Waals surface area contributed by atoms with E-state index in [1.54, 1.807) is 0 Å². The molecular formula is C17H25BrN2O. The van der Waals surface area contributed by atoms with Gasteiger partial charge in [0.25, 0.3) is 0 Å². The van der Waals surface area contributed by atoms with E-state index in [9.17, 15) is 0 Å². The average molecular weight is 353 g/mol. The van der Waals surface area contributed by atoms with Gasteiger partial charge in [-0.2, -0.15) is 0 Å². The molecule has 0 fully saturated rings. The largest absolute Gasteiger partial charge is 0.481 e. The third kappa shape index (κ3) is 6.52. The maximum Gasteiger partial charge on any atom is 0.148 e. The van der Waals surface area contributed by atoms with E-state index in [2.05, 4.69) is 66.1 Å². The highest BCUT2D eigenvalue weighted by molar-refractivity contribution is 9.10. The van der Waals surface area contributed by atoms with Crippen LogP contribution >= 0.6 is 15.9 Å². The van der Waals surface area contributed by atoms with Crippen molar-refractivity contribution in [3.05, 3.63) is 28.2 Å². The first-order valence-electron chi connectivity index (χ1n) is 7.16. The molecule has 0 aliphatic carbocycles. The summed E-state index contributed by atoms with van der Waals surface area (Å²) in [7, 11) is 4.19. The van der Waals surface area contributed by atoms with E-state index in [-0.39, 0.29) is 0 Å². The standard InChI is InChI=1S/C17H25BrN2O/c1-6-9-21-17-8-7-15(18)10-14(17)11-19-16(13(2)3)12-20(4)5/h1,7-8,10,13,16,19H,9,11-12H2,2-5H3. The number of nitrogens with one attached hydrogen (secondary N) is 1. The van der Waals surface area contributed by atoms with Crippen molar-refractivity contribution < 1.29 is 4.74 Å². The third-order valence-electron chi connectivity index (χ3n) is 3.25. The summed E-state index contributed by atoms with van der Waals surface area (Å²) in [6.07, 6.45) is 5.27. The number of hydrogen-bond acceptors (Lipinski definition) is 3.